The van der Waals surface area contributed by atoms with Crippen LogP contribution in [0.1, 0.15) is 24.4 Å². The van der Waals surface area contributed by atoms with Crippen LogP contribution in [0.15, 0.2) is 34.5 Å². The Kier molecular flexibility index (Phi) is 4.63. The Morgan fingerprint density at radius 3 is 2.94 bits per heavy atom. The molecule has 3 N–H and O–H groups in total. The number of methoxy groups -OCH3 is 1. The number of allylic oxidation sites excluding steroid dienone is 1. The predicted octanol–water partition coefficient (Wildman–Crippen LogP) is 2.66. The lowest BCUT2D eigenvalue weighted by atomic mass is 10.0. The first-order chi connectivity index (χ1) is 8.76. The van der Waals surface area contributed by atoms with Gasteiger partial charge in [0.05, 0.1) is 13.7 Å². The summed E-state index contributed by atoms with van der Waals surface area (Å²) in [6, 6.07) is 5.64. The number of hydrazine groups is 1. The normalized spacial score (nSPS) is 16.7. The van der Waals surface area contributed by atoms with Crippen LogP contribution < -0.4 is 16.0 Å². The average Bonchev–Trinajstić information content (AvgIpc) is 2.43. The molecule has 0 fully saturated rings. The van der Waals surface area contributed by atoms with E-state index in [4.69, 9.17) is 15.3 Å². The molecule has 1 aromatic rings. The fraction of sp³-hybridized carbons (Fsp3) is 0.385. The molecule has 0 amide bonds. The second-order valence-corrected chi connectivity index (χ2v) is 4.94. The zero-order chi connectivity index (χ0) is 13.0. The molecule has 18 heavy (non-hydrogen) atoms. The predicted molar refractivity (Wildman–Crippen MR) is 74.0 cm³/mol. The van der Waals surface area contributed by atoms with Crippen LogP contribution >= 0.6 is 15.9 Å². The van der Waals surface area contributed by atoms with Crippen molar-refractivity contribution in [2.45, 2.75) is 18.9 Å². The molecule has 0 saturated carbocycles. The highest BCUT2D eigenvalue weighted by molar-refractivity contribution is 9.10. The van der Waals surface area contributed by atoms with Gasteiger partial charge in [-0.25, -0.2) is 5.43 Å². The number of halogens is 1. The van der Waals surface area contributed by atoms with Crippen LogP contribution in [0.2, 0.25) is 0 Å². The number of benzene rings is 1. The Hall–Kier alpha value is -1.04. The molecule has 5 heteroatoms. The SMILES string of the molecule is COc1ccc(Br)c(C(NN)C2=CCCCO2)c1. The second kappa shape index (κ2) is 6.22. The van der Waals surface area contributed by atoms with Crippen LogP contribution in [-0.4, -0.2) is 13.7 Å². The first-order valence-corrected chi connectivity index (χ1v) is 6.68. The molecule has 1 aromatic carbocycles. The zero-order valence-corrected chi connectivity index (χ0v) is 11.9. The van der Waals surface area contributed by atoms with Crippen molar-refractivity contribution in [2.75, 3.05) is 13.7 Å². The van der Waals surface area contributed by atoms with Gasteiger partial charge in [-0.2, -0.15) is 0 Å². The van der Waals surface area contributed by atoms with Crippen LogP contribution in [-0.2, 0) is 4.74 Å². The van der Waals surface area contributed by atoms with Crippen molar-refractivity contribution >= 4 is 15.9 Å². The first-order valence-electron chi connectivity index (χ1n) is 5.88. The van der Waals surface area contributed by atoms with Gasteiger partial charge in [-0.3, -0.25) is 5.84 Å². The van der Waals surface area contributed by atoms with E-state index in [1.807, 2.05) is 18.2 Å². The van der Waals surface area contributed by atoms with Gasteiger partial charge in [0.15, 0.2) is 0 Å². The van der Waals surface area contributed by atoms with E-state index in [1.165, 1.54) is 0 Å². The quantitative estimate of drug-likeness (QED) is 0.663. The largest absolute Gasteiger partial charge is 0.497 e. The molecule has 1 aliphatic heterocycles. The van der Waals surface area contributed by atoms with E-state index < -0.39 is 0 Å². The van der Waals surface area contributed by atoms with Crippen molar-refractivity contribution in [3.63, 3.8) is 0 Å². The molecule has 1 atom stereocenters. The van der Waals surface area contributed by atoms with E-state index in [9.17, 15) is 0 Å². The molecule has 0 bridgehead atoms. The molecule has 4 nitrogen and oxygen atoms in total. The van der Waals surface area contributed by atoms with Gasteiger partial charge in [0.1, 0.15) is 17.6 Å². The fourth-order valence-electron chi connectivity index (χ4n) is 1.97. The van der Waals surface area contributed by atoms with Crippen molar-refractivity contribution in [3.05, 3.63) is 40.1 Å². The third-order valence-corrected chi connectivity index (χ3v) is 3.65. The van der Waals surface area contributed by atoms with Crippen molar-refractivity contribution in [1.82, 2.24) is 5.43 Å². The average molecular weight is 313 g/mol. The number of rotatable bonds is 4. The van der Waals surface area contributed by atoms with E-state index >= 15 is 0 Å². The van der Waals surface area contributed by atoms with Gasteiger partial charge in [-0.05, 0) is 42.7 Å². The molecule has 2 rings (SSSR count). The first kappa shape index (κ1) is 13.4. The van der Waals surface area contributed by atoms with E-state index in [0.29, 0.717) is 0 Å². The number of hydrogen-bond acceptors (Lipinski definition) is 4. The molecule has 0 spiro atoms. The molecule has 1 unspecified atom stereocenters. The summed E-state index contributed by atoms with van der Waals surface area (Å²) in [4.78, 5) is 0. The maximum Gasteiger partial charge on any atom is 0.119 e. The Morgan fingerprint density at radius 1 is 1.50 bits per heavy atom. The lowest BCUT2D eigenvalue weighted by Gasteiger charge is -2.24. The molecule has 0 radical (unpaired) electrons. The van der Waals surface area contributed by atoms with E-state index in [-0.39, 0.29) is 6.04 Å². The number of hydrogen-bond donors (Lipinski definition) is 2. The van der Waals surface area contributed by atoms with Crippen molar-refractivity contribution < 1.29 is 9.47 Å². The van der Waals surface area contributed by atoms with E-state index in [2.05, 4.69) is 27.4 Å². The number of ether oxygens (including phenoxy) is 2. The van der Waals surface area contributed by atoms with Gasteiger partial charge in [-0.15, -0.1) is 0 Å². The highest BCUT2D eigenvalue weighted by atomic mass is 79.9. The molecule has 1 heterocycles. The lowest BCUT2D eigenvalue weighted by molar-refractivity contribution is 0.167. The van der Waals surface area contributed by atoms with E-state index in [1.54, 1.807) is 7.11 Å². The molecule has 0 aromatic heterocycles. The monoisotopic (exact) mass is 312 g/mol. The van der Waals surface area contributed by atoms with E-state index in [0.717, 1.165) is 41.0 Å². The summed E-state index contributed by atoms with van der Waals surface area (Å²) in [6.45, 7) is 0.742. The fourth-order valence-corrected chi connectivity index (χ4v) is 2.45. The Balaban J connectivity index is 2.34. The van der Waals surface area contributed by atoms with Crippen LogP contribution in [0, 0.1) is 0 Å². The van der Waals surface area contributed by atoms with Crippen molar-refractivity contribution in [2.24, 2.45) is 5.84 Å². The standard InChI is InChI=1S/C13H17BrN2O2/c1-17-9-5-6-11(14)10(8-9)13(16-15)12-4-2-3-7-18-12/h4-6,8,13,16H,2-3,7,15H2,1H3. The smallest absolute Gasteiger partial charge is 0.119 e. The van der Waals surface area contributed by atoms with Gasteiger partial charge < -0.3 is 9.47 Å². The summed E-state index contributed by atoms with van der Waals surface area (Å²) in [6.07, 6.45) is 4.16. The summed E-state index contributed by atoms with van der Waals surface area (Å²) in [5.41, 5.74) is 3.81. The highest BCUT2D eigenvalue weighted by Crippen LogP contribution is 2.33. The van der Waals surface area contributed by atoms with Gasteiger partial charge in [0, 0.05) is 4.47 Å². The van der Waals surface area contributed by atoms with Crippen LogP contribution in [0.5, 0.6) is 5.75 Å². The highest BCUT2D eigenvalue weighted by Gasteiger charge is 2.21. The third-order valence-electron chi connectivity index (χ3n) is 2.93. The number of nitrogens with one attached hydrogen (secondary N) is 1. The third kappa shape index (κ3) is 2.85. The zero-order valence-electron chi connectivity index (χ0n) is 10.3. The summed E-state index contributed by atoms with van der Waals surface area (Å²) in [5.74, 6) is 7.33. The molecular formula is C13H17BrN2O2. The lowest BCUT2D eigenvalue weighted by Crippen LogP contribution is -2.31. The second-order valence-electron chi connectivity index (χ2n) is 4.08. The maximum absolute atomic E-state index is 5.67. The molecule has 98 valence electrons. The van der Waals surface area contributed by atoms with Crippen molar-refractivity contribution in [3.8, 4) is 5.75 Å². The molecular weight excluding hydrogens is 296 g/mol. The minimum absolute atomic E-state index is 0.158. The van der Waals surface area contributed by atoms with Crippen LogP contribution in [0.3, 0.4) is 0 Å². The van der Waals surface area contributed by atoms with Crippen LogP contribution in [0.25, 0.3) is 0 Å². The van der Waals surface area contributed by atoms with Gasteiger partial charge >= 0.3 is 0 Å². The maximum atomic E-state index is 5.67. The summed E-state index contributed by atoms with van der Waals surface area (Å²) >= 11 is 3.53. The van der Waals surface area contributed by atoms with Crippen molar-refractivity contribution in [1.29, 1.82) is 0 Å². The van der Waals surface area contributed by atoms with Crippen LogP contribution in [0.4, 0.5) is 0 Å². The Morgan fingerprint density at radius 2 is 2.33 bits per heavy atom. The Bertz CT molecular complexity index is 449. The summed E-state index contributed by atoms with van der Waals surface area (Å²) < 4.78 is 11.9. The summed E-state index contributed by atoms with van der Waals surface area (Å²) in [7, 11) is 1.65. The molecule has 0 saturated heterocycles. The number of nitrogens with two attached hydrogens (primary N) is 1. The Labute approximate surface area is 115 Å². The van der Waals surface area contributed by atoms with Gasteiger partial charge in [-0.1, -0.05) is 15.9 Å². The molecule has 1 aliphatic rings. The minimum atomic E-state index is -0.158. The van der Waals surface area contributed by atoms with Gasteiger partial charge in [0.2, 0.25) is 0 Å². The topological polar surface area (TPSA) is 56.5 Å². The molecule has 0 aliphatic carbocycles. The van der Waals surface area contributed by atoms with Gasteiger partial charge in [0.25, 0.3) is 0 Å². The summed E-state index contributed by atoms with van der Waals surface area (Å²) in [5, 5.41) is 0. The minimum Gasteiger partial charge on any atom is -0.497 e.